The Kier molecular flexibility index (Phi) is 2.49. The molecule has 0 unspecified atom stereocenters. The highest BCUT2D eigenvalue weighted by Crippen LogP contribution is 2.42. The van der Waals surface area contributed by atoms with Crippen LogP contribution in [0, 0.1) is 6.92 Å². The summed E-state index contributed by atoms with van der Waals surface area (Å²) in [6, 6.07) is 6.47. The molecule has 1 aromatic carbocycles. The van der Waals surface area contributed by atoms with E-state index in [1.807, 2.05) is 0 Å². The molecule has 0 spiro atoms. The number of aryl methyl sites for hydroxylation is 1. The van der Waals surface area contributed by atoms with Crippen LogP contribution in [-0.2, 0) is 0 Å². The Hall–Kier alpha value is -0.980. The molecule has 1 fully saturated rings. The van der Waals surface area contributed by atoms with E-state index in [0.29, 0.717) is 0 Å². The molecule has 0 amide bonds. The molecule has 1 aromatic rings. The Bertz CT molecular complexity index is 356. The second kappa shape index (κ2) is 3.55. The lowest BCUT2D eigenvalue weighted by atomic mass is 10.0. The van der Waals surface area contributed by atoms with Crippen LogP contribution in [0.25, 0.3) is 0 Å². The molecule has 2 rings (SSSR count). The molecular weight excluding hydrogens is 184 g/mol. The highest BCUT2D eigenvalue weighted by molar-refractivity contribution is 5.39. The number of benzene rings is 1. The Morgan fingerprint density at radius 3 is 2.40 bits per heavy atom. The van der Waals surface area contributed by atoms with Gasteiger partial charge in [-0.3, -0.25) is 0 Å². The molecule has 1 saturated carbocycles. The highest BCUT2D eigenvalue weighted by Gasteiger charge is 2.25. The van der Waals surface area contributed by atoms with Gasteiger partial charge in [-0.1, -0.05) is 6.07 Å². The van der Waals surface area contributed by atoms with E-state index in [4.69, 9.17) is 4.74 Å². The average Bonchev–Trinajstić information content (AvgIpc) is 2.88. The predicted octanol–water partition coefficient (Wildman–Crippen LogP) is 4.05. The Balaban J connectivity index is 2.22. The van der Waals surface area contributed by atoms with Crippen molar-refractivity contribution in [3.8, 4) is 5.75 Å². The third kappa shape index (κ3) is 2.74. The predicted molar refractivity (Wildman–Crippen MR) is 63.5 cm³/mol. The lowest BCUT2D eigenvalue weighted by molar-refractivity contribution is 0.131. The van der Waals surface area contributed by atoms with Gasteiger partial charge in [-0.15, -0.1) is 0 Å². The van der Waals surface area contributed by atoms with Crippen molar-refractivity contribution >= 4 is 0 Å². The van der Waals surface area contributed by atoms with Crippen LogP contribution < -0.4 is 4.74 Å². The molecule has 0 atom stereocenters. The first-order valence-corrected chi connectivity index (χ1v) is 5.75. The fourth-order valence-corrected chi connectivity index (χ4v) is 1.87. The van der Waals surface area contributed by atoms with Gasteiger partial charge in [-0.05, 0) is 69.7 Å². The molecule has 82 valence electrons. The zero-order valence-corrected chi connectivity index (χ0v) is 10.1. The standard InChI is InChI=1S/C14H20O/c1-10-5-8-12(15-14(2,3)4)9-13(10)11-6-7-11/h5,8-9,11H,6-7H2,1-4H3. The van der Waals surface area contributed by atoms with Gasteiger partial charge in [0.05, 0.1) is 0 Å². The van der Waals surface area contributed by atoms with E-state index >= 15 is 0 Å². The van der Waals surface area contributed by atoms with Crippen molar-refractivity contribution in [2.45, 2.75) is 52.1 Å². The van der Waals surface area contributed by atoms with Crippen LogP contribution in [0.15, 0.2) is 18.2 Å². The molecule has 15 heavy (non-hydrogen) atoms. The zero-order chi connectivity index (χ0) is 11.1. The normalized spacial score (nSPS) is 16.5. The van der Waals surface area contributed by atoms with Crippen molar-refractivity contribution in [1.29, 1.82) is 0 Å². The van der Waals surface area contributed by atoms with Crippen LogP contribution in [-0.4, -0.2) is 5.60 Å². The quantitative estimate of drug-likeness (QED) is 0.706. The molecule has 1 heteroatoms. The lowest BCUT2D eigenvalue weighted by Crippen LogP contribution is -2.23. The summed E-state index contributed by atoms with van der Waals surface area (Å²) in [5, 5.41) is 0. The van der Waals surface area contributed by atoms with E-state index in [0.717, 1.165) is 11.7 Å². The molecule has 0 saturated heterocycles. The summed E-state index contributed by atoms with van der Waals surface area (Å²) < 4.78 is 5.88. The van der Waals surface area contributed by atoms with E-state index in [9.17, 15) is 0 Å². The summed E-state index contributed by atoms with van der Waals surface area (Å²) in [6.45, 7) is 8.45. The molecule has 0 radical (unpaired) electrons. The van der Waals surface area contributed by atoms with Gasteiger partial charge in [0.25, 0.3) is 0 Å². The maximum absolute atomic E-state index is 5.88. The van der Waals surface area contributed by atoms with Crippen molar-refractivity contribution in [2.75, 3.05) is 0 Å². The summed E-state index contributed by atoms with van der Waals surface area (Å²) in [7, 11) is 0. The highest BCUT2D eigenvalue weighted by atomic mass is 16.5. The van der Waals surface area contributed by atoms with E-state index in [-0.39, 0.29) is 5.60 Å². The van der Waals surface area contributed by atoms with Gasteiger partial charge >= 0.3 is 0 Å². The molecule has 1 aliphatic rings. The zero-order valence-electron chi connectivity index (χ0n) is 10.1. The smallest absolute Gasteiger partial charge is 0.120 e. The lowest BCUT2D eigenvalue weighted by Gasteiger charge is -2.22. The van der Waals surface area contributed by atoms with E-state index in [1.165, 1.54) is 24.0 Å². The van der Waals surface area contributed by atoms with Crippen LogP contribution in [0.1, 0.15) is 50.7 Å². The molecule has 0 heterocycles. The van der Waals surface area contributed by atoms with Gasteiger partial charge in [-0.2, -0.15) is 0 Å². The summed E-state index contributed by atoms with van der Waals surface area (Å²) in [4.78, 5) is 0. The first-order valence-electron chi connectivity index (χ1n) is 5.75. The van der Waals surface area contributed by atoms with Crippen molar-refractivity contribution in [1.82, 2.24) is 0 Å². The molecule has 0 N–H and O–H groups in total. The van der Waals surface area contributed by atoms with Gasteiger partial charge < -0.3 is 4.74 Å². The van der Waals surface area contributed by atoms with Crippen molar-refractivity contribution < 1.29 is 4.74 Å². The number of hydrogen-bond donors (Lipinski definition) is 0. The minimum Gasteiger partial charge on any atom is -0.488 e. The second-order valence-corrected chi connectivity index (χ2v) is 5.51. The van der Waals surface area contributed by atoms with Gasteiger partial charge in [0, 0.05) is 0 Å². The third-order valence-corrected chi connectivity index (χ3v) is 2.69. The monoisotopic (exact) mass is 204 g/mol. The van der Waals surface area contributed by atoms with Crippen molar-refractivity contribution in [2.24, 2.45) is 0 Å². The van der Waals surface area contributed by atoms with E-state index < -0.39 is 0 Å². The first-order chi connectivity index (χ1) is 6.96. The Morgan fingerprint density at radius 2 is 1.87 bits per heavy atom. The minimum atomic E-state index is -0.101. The van der Waals surface area contributed by atoms with E-state index in [1.54, 1.807) is 0 Å². The van der Waals surface area contributed by atoms with Crippen molar-refractivity contribution in [3.05, 3.63) is 29.3 Å². The molecular formula is C14H20O. The summed E-state index contributed by atoms with van der Waals surface area (Å²) >= 11 is 0. The molecule has 0 bridgehead atoms. The largest absolute Gasteiger partial charge is 0.488 e. The van der Waals surface area contributed by atoms with Crippen LogP contribution in [0.2, 0.25) is 0 Å². The maximum Gasteiger partial charge on any atom is 0.120 e. The fourth-order valence-electron chi connectivity index (χ4n) is 1.87. The molecule has 1 nitrogen and oxygen atoms in total. The van der Waals surface area contributed by atoms with Gasteiger partial charge in [0.15, 0.2) is 0 Å². The van der Waals surface area contributed by atoms with Gasteiger partial charge in [-0.25, -0.2) is 0 Å². The fraction of sp³-hybridized carbons (Fsp3) is 0.571. The SMILES string of the molecule is Cc1ccc(OC(C)(C)C)cc1C1CC1. The average molecular weight is 204 g/mol. The number of ether oxygens (including phenoxy) is 1. The summed E-state index contributed by atoms with van der Waals surface area (Å²) in [5.41, 5.74) is 2.78. The van der Waals surface area contributed by atoms with Crippen LogP contribution in [0.4, 0.5) is 0 Å². The topological polar surface area (TPSA) is 9.23 Å². The van der Waals surface area contributed by atoms with E-state index in [2.05, 4.69) is 45.9 Å². The Labute approximate surface area is 92.5 Å². The summed E-state index contributed by atoms with van der Waals surface area (Å²) in [5.74, 6) is 1.81. The summed E-state index contributed by atoms with van der Waals surface area (Å²) in [6.07, 6.45) is 2.69. The van der Waals surface area contributed by atoms with Crippen LogP contribution in [0.3, 0.4) is 0 Å². The Morgan fingerprint density at radius 1 is 1.20 bits per heavy atom. The molecule has 0 aromatic heterocycles. The van der Waals surface area contributed by atoms with Crippen molar-refractivity contribution in [3.63, 3.8) is 0 Å². The van der Waals surface area contributed by atoms with Gasteiger partial charge in [0.2, 0.25) is 0 Å². The van der Waals surface area contributed by atoms with Crippen LogP contribution >= 0.6 is 0 Å². The second-order valence-electron chi connectivity index (χ2n) is 5.51. The molecule has 1 aliphatic carbocycles. The maximum atomic E-state index is 5.88. The van der Waals surface area contributed by atoms with Crippen LogP contribution in [0.5, 0.6) is 5.75 Å². The van der Waals surface area contributed by atoms with Gasteiger partial charge in [0.1, 0.15) is 11.4 Å². The minimum absolute atomic E-state index is 0.101. The number of hydrogen-bond acceptors (Lipinski definition) is 1. The molecule has 0 aliphatic heterocycles. The number of rotatable bonds is 2. The third-order valence-electron chi connectivity index (χ3n) is 2.69. The first kappa shape index (κ1) is 10.5.